The van der Waals surface area contributed by atoms with Gasteiger partial charge in [-0.25, -0.2) is 0 Å². The molecule has 0 bridgehead atoms. The van der Waals surface area contributed by atoms with Crippen LogP contribution in [-0.4, -0.2) is 67.0 Å². The lowest BCUT2D eigenvalue weighted by molar-refractivity contribution is -0.128. The Morgan fingerprint density at radius 2 is 1.88 bits per heavy atom. The number of carbonyl (C=O) groups excluding carboxylic acids is 2. The van der Waals surface area contributed by atoms with E-state index in [-0.39, 0.29) is 17.9 Å². The molecule has 1 N–H and O–H groups in total. The average molecular weight is 359 g/mol. The van der Waals surface area contributed by atoms with Gasteiger partial charge in [-0.2, -0.15) is 0 Å². The number of carbonyl (C=O) groups is 2. The molecule has 0 saturated carbocycles. The molecule has 0 aliphatic carbocycles. The van der Waals surface area contributed by atoms with Crippen LogP contribution in [0.25, 0.3) is 6.08 Å². The topological polar surface area (TPSA) is 61.9 Å². The van der Waals surface area contributed by atoms with Crippen molar-refractivity contribution in [2.45, 2.75) is 26.8 Å². The number of nitrogens with zero attached hydrogens (tertiary/aromatic N) is 2. The predicted octanol–water partition coefficient (Wildman–Crippen LogP) is 1.77. The SMILES string of the molecule is CCOc1ccccc1/C=C/C(=O)N1CCN(CC(=O)NC(C)C)CC1. The molecule has 26 heavy (non-hydrogen) atoms. The van der Waals surface area contributed by atoms with E-state index in [1.165, 1.54) is 0 Å². The summed E-state index contributed by atoms with van der Waals surface area (Å²) in [5.41, 5.74) is 0.895. The molecular formula is C20H29N3O3. The third kappa shape index (κ3) is 6.19. The van der Waals surface area contributed by atoms with Crippen LogP contribution in [0.4, 0.5) is 0 Å². The Bertz CT molecular complexity index is 635. The molecule has 1 heterocycles. The highest BCUT2D eigenvalue weighted by Gasteiger charge is 2.21. The van der Waals surface area contributed by atoms with Crippen LogP contribution in [0, 0.1) is 0 Å². The molecule has 1 aliphatic heterocycles. The van der Waals surface area contributed by atoms with Gasteiger partial charge in [0.15, 0.2) is 0 Å². The van der Waals surface area contributed by atoms with Crippen molar-refractivity contribution < 1.29 is 14.3 Å². The zero-order chi connectivity index (χ0) is 18.9. The van der Waals surface area contributed by atoms with Crippen LogP contribution in [0.2, 0.25) is 0 Å². The Morgan fingerprint density at radius 1 is 1.19 bits per heavy atom. The Hall–Kier alpha value is -2.34. The second kappa shape index (κ2) is 9.97. The summed E-state index contributed by atoms with van der Waals surface area (Å²) in [6.45, 7) is 9.49. The molecule has 1 aliphatic rings. The van der Waals surface area contributed by atoms with Crippen molar-refractivity contribution in [2.75, 3.05) is 39.3 Å². The number of para-hydroxylation sites is 1. The second-order valence-corrected chi connectivity index (χ2v) is 6.63. The van der Waals surface area contributed by atoms with Gasteiger partial charge in [-0.15, -0.1) is 0 Å². The molecule has 0 unspecified atom stereocenters. The minimum atomic E-state index is -0.0115. The Balaban J connectivity index is 1.84. The van der Waals surface area contributed by atoms with Crippen molar-refractivity contribution >= 4 is 17.9 Å². The zero-order valence-corrected chi connectivity index (χ0v) is 15.9. The van der Waals surface area contributed by atoms with E-state index >= 15 is 0 Å². The van der Waals surface area contributed by atoms with Crippen LogP contribution in [0.3, 0.4) is 0 Å². The zero-order valence-electron chi connectivity index (χ0n) is 15.9. The molecule has 142 valence electrons. The third-order valence-corrected chi connectivity index (χ3v) is 4.13. The van der Waals surface area contributed by atoms with Crippen LogP contribution < -0.4 is 10.1 Å². The second-order valence-electron chi connectivity index (χ2n) is 6.63. The monoisotopic (exact) mass is 359 g/mol. The van der Waals surface area contributed by atoms with E-state index < -0.39 is 0 Å². The highest BCUT2D eigenvalue weighted by molar-refractivity contribution is 5.92. The maximum absolute atomic E-state index is 12.4. The minimum Gasteiger partial charge on any atom is -0.493 e. The smallest absolute Gasteiger partial charge is 0.246 e. The van der Waals surface area contributed by atoms with Gasteiger partial charge in [0, 0.05) is 43.9 Å². The fraction of sp³-hybridized carbons (Fsp3) is 0.500. The first-order chi connectivity index (χ1) is 12.5. The summed E-state index contributed by atoms with van der Waals surface area (Å²) >= 11 is 0. The Kier molecular flexibility index (Phi) is 7.66. The highest BCUT2D eigenvalue weighted by atomic mass is 16.5. The molecule has 1 aromatic carbocycles. The van der Waals surface area contributed by atoms with Crippen molar-refractivity contribution in [3.05, 3.63) is 35.9 Å². The lowest BCUT2D eigenvalue weighted by Crippen LogP contribution is -2.51. The van der Waals surface area contributed by atoms with Crippen LogP contribution in [0.1, 0.15) is 26.3 Å². The number of hydrogen-bond acceptors (Lipinski definition) is 4. The highest BCUT2D eigenvalue weighted by Crippen LogP contribution is 2.19. The van der Waals surface area contributed by atoms with E-state index in [2.05, 4.69) is 10.2 Å². The molecule has 0 atom stereocenters. The Morgan fingerprint density at radius 3 is 2.54 bits per heavy atom. The molecular weight excluding hydrogens is 330 g/mol. The van der Waals surface area contributed by atoms with Gasteiger partial charge in [-0.05, 0) is 32.9 Å². The fourth-order valence-corrected chi connectivity index (χ4v) is 2.87. The number of nitrogens with one attached hydrogen (secondary N) is 1. The number of amides is 2. The first kappa shape index (κ1) is 20.0. The molecule has 1 fully saturated rings. The number of ether oxygens (including phenoxy) is 1. The summed E-state index contributed by atoms with van der Waals surface area (Å²) in [5, 5.41) is 2.89. The van der Waals surface area contributed by atoms with Crippen molar-refractivity contribution in [2.24, 2.45) is 0 Å². The molecule has 6 heteroatoms. The van der Waals surface area contributed by atoms with Gasteiger partial charge in [-0.1, -0.05) is 18.2 Å². The number of benzene rings is 1. The van der Waals surface area contributed by atoms with E-state index in [4.69, 9.17) is 4.74 Å². The van der Waals surface area contributed by atoms with E-state index in [1.54, 1.807) is 12.2 Å². The number of piperazine rings is 1. The van der Waals surface area contributed by atoms with E-state index in [1.807, 2.05) is 49.9 Å². The lowest BCUT2D eigenvalue weighted by atomic mass is 10.2. The maximum Gasteiger partial charge on any atom is 0.246 e. The molecule has 1 saturated heterocycles. The van der Waals surface area contributed by atoms with Crippen molar-refractivity contribution in [1.82, 2.24) is 15.1 Å². The van der Waals surface area contributed by atoms with E-state index in [0.29, 0.717) is 39.3 Å². The molecule has 2 amide bonds. The van der Waals surface area contributed by atoms with Crippen LogP contribution in [0.5, 0.6) is 5.75 Å². The number of rotatable bonds is 7. The minimum absolute atomic E-state index is 0.0115. The molecule has 0 spiro atoms. The van der Waals surface area contributed by atoms with Crippen molar-refractivity contribution in [3.63, 3.8) is 0 Å². The predicted molar refractivity (Wildman–Crippen MR) is 103 cm³/mol. The molecule has 6 nitrogen and oxygen atoms in total. The van der Waals surface area contributed by atoms with Gasteiger partial charge in [0.2, 0.25) is 11.8 Å². The van der Waals surface area contributed by atoms with Crippen molar-refractivity contribution in [3.8, 4) is 5.75 Å². The van der Waals surface area contributed by atoms with Gasteiger partial charge in [0.1, 0.15) is 5.75 Å². The lowest BCUT2D eigenvalue weighted by Gasteiger charge is -2.33. The summed E-state index contributed by atoms with van der Waals surface area (Å²) in [6.07, 6.45) is 3.40. The van der Waals surface area contributed by atoms with Crippen LogP contribution in [-0.2, 0) is 9.59 Å². The average Bonchev–Trinajstić information content (AvgIpc) is 2.61. The normalized spacial score (nSPS) is 15.5. The van der Waals surface area contributed by atoms with Gasteiger partial charge >= 0.3 is 0 Å². The molecule has 0 aromatic heterocycles. The van der Waals surface area contributed by atoms with Crippen LogP contribution in [0.15, 0.2) is 30.3 Å². The molecule has 0 radical (unpaired) electrons. The van der Waals surface area contributed by atoms with E-state index in [0.717, 1.165) is 11.3 Å². The maximum atomic E-state index is 12.4. The third-order valence-electron chi connectivity index (χ3n) is 4.13. The Labute approximate surface area is 155 Å². The number of hydrogen-bond donors (Lipinski definition) is 1. The summed E-state index contributed by atoms with van der Waals surface area (Å²) in [7, 11) is 0. The quantitative estimate of drug-likeness (QED) is 0.754. The standard InChI is InChI=1S/C20H29N3O3/c1-4-26-18-8-6-5-7-17(18)9-10-20(25)23-13-11-22(12-14-23)15-19(24)21-16(2)3/h5-10,16H,4,11-15H2,1-3H3,(H,21,24)/b10-9+. The van der Waals surface area contributed by atoms with Gasteiger partial charge in [-0.3, -0.25) is 14.5 Å². The fourth-order valence-electron chi connectivity index (χ4n) is 2.87. The van der Waals surface area contributed by atoms with Gasteiger partial charge in [0.25, 0.3) is 0 Å². The van der Waals surface area contributed by atoms with Gasteiger partial charge < -0.3 is 15.0 Å². The van der Waals surface area contributed by atoms with Crippen molar-refractivity contribution in [1.29, 1.82) is 0 Å². The molecule has 2 rings (SSSR count). The summed E-state index contributed by atoms with van der Waals surface area (Å²) in [4.78, 5) is 28.1. The largest absolute Gasteiger partial charge is 0.493 e. The summed E-state index contributed by atoms with van der Waals surface area (Å²) in [5.74, 6) is 0.801. The van der Waals surface area contributed by atoms with E-state index in [9.17, 15) is 9.59 Å². The first-order valence-electron chi connectivity index (χ1n) is 9.20. The first-order valence-corrected chi connectivity index (χ1v) is 9.20. The van der Waals surface area contributed by atoms with Crippen LogP contribution >= 0.6 is 0 Å². The summed E-state index contributed by atoms with van der Waals surface area (Å²) < 4.78 is 5.57. The summed E-state index contributed by atoms with van der Waals surface area (Å²) in [6, 6.07) is 7.82. The molecule has 1 aromatic rings. The van der Waals surface area contributed by atoms with Gasteiger partial charge in [0.05, 0.1) is 13.2 Å².